The fourth-order valence-electron chi connectivity index (χ4n) is 1.24. The Labute approximate surface area is 120 Å². The van der Waals surface area contributed by atoms with Crippen LogP contribution in [0.15, 0.2) is 0 Å². The molecule has 0 aromatic rings. The number of thioether (sulfide) groups is 1. The van der Waals surface area contributed by atoms with E-state index in [2.05, 4.69) is 10.1 Å². The quantitative estimate of drug-likeness (QED) is 0.659. The predicted molar refractivity (Wildman–Crippen MR) is 79.0 cm³/mol. The van der Waals surface area contributed by atoms with Crippen molar-refractivity contribution < 1.29 is 14.3 Å². The number of hydrogen-bond donors (Lipinski definition) is 2. The molecule has 0 aliphatic rings. The first kappa shape index (κ1) is 18.2. The van der Waals surface area contributed by atoms with Gasteiger partial charge in [-0.1, -0.05) is 6.92 Å². The molecule has 112 valence electrons. The number of amides is 1. The van der Waals surface area contributed by atoms with Gasteiger partial charge >= 0.3 is 5.97 Å². The van der Waals surface area contributed by atoms with Gasteiger partial charge in [0.05, 0.1) is 12.4 Å². The normalized spacial score (nSPS) is 14.6. The number of carbonyl (C=O) groups is 2. The second-order valence-electron chi connectivity index (χ2n) is 5.16. The minimum atomic E-state index is -0.611. The number of nitrogens with one attached hydrogen (secondary N) is 1. The summed E-state index contributed by atoms with van der Waals surface area (Å²) >= 11 is 1.49. The Kier molecular flexibility index (Phi) is 8.09. The zero-order valence-corrected chi connectivity index (χ0v) is 13.3. The highest BCUT2D eigenvalue weighted by Crippen LogP contribution is 2.15. The largest absolute Gasteiger partial charge is 0.468 e. The van der Waals surface area contributed by atoms with Crippen molar-refractivity contribution in [1.29, 1.82) is 0 Å². The number of ether oxygens (including phenoxy) is 1. The molecule has 0 aromatic carbocycles. The van der Waals surface area contributed by atoms with E-state index in [-0.39, 0.29) is 16.7 Å². The minimum absolute atomic E-state index is 0.0171. The molecule has 1 amide bonds. The summed E-state index contributed by atoms with van der Waals surface area (Å²) in [5.74, 6) is 0.255. The molecule has 0 saturated carbocycles. The molecule has 0 rings (SSSR count). The summed E-state index contributed by atoms with van der Waals surface area (Å²) in [6, 6.07) is -0.611. The van der Waals surface area contributed by atoms with Crippen molar-refractivity contribution in [3.05, 3.63) is 0 Å². The van der Waals surface area contributed by atoms with Crippen LogP contribution >= 0.6 is 11.8 Å². The van der Waals surface area contributed by atoms with Crippen LogP contribution in [0.2, 0.25) is 0 Å². The van der Waals surface area contributed by atoms with E-state index in [1.165, 1.54) is 18.9 Å². The van der Waals surface area contributed by atoms with Crippen LogP contribution in [-0.4, -0.2) is 41.6 Å². The van der Waals surface area contributed by atoms with E-state index in [4.69, 9.17) is 5.73 Å². The lowest BCUT2D eigenvalue weighted by atomic mass is 10.0. The summed E-state index contributed by atoms with van der Waals surface area (Å²) < 4.78 is 4.54. The first-order chi connectivity index (χ1) is 8.73. The van der Waals surface area contributed by atoms with Gasteiger partial charge in [-0.15, -0.1) is 11.8 Å². The van der Waals surface area contributed by atoms with E-state index in [1.54, 1.807) is 0 Å². The van der Waals surface area contributed by atoms with Crippen molar-refractivity contribution in [3.8, 4) is 0 Å². The van der Waals surface area contributed by atoms with Gasteiger partial charge in [0.15, 0.2) is 0 Å². The molecule has 0 fully saturated rings. The van der Waals surface area contributed by atoms with Gasteiger partial charge in [-0.25, -0.2) is 0 Å². The highest BCUT2D eigenvalue weighted by atomic mass is 32.2. The highest BCUT2D eigenvalue weighted by Gasteiger charge is 2.22. The molecule has 0 saturated heterocycles. The maximum Gasteiger partial charge on any atom is 0.322 e. The number of hydrogen-bond acceptors (Lipinski definition) is 5. The van der Waals surface area contributed by atoms with E-state index >= 15 is 0 Å². The number of methoxy groups -OCH3 is 1. The molecule has 2 unspecified atom stereocenters. The van der Waals surface area contributed by atoms with Crippen LogP contribution in [0.4, 0.5) is 0 Å². The van der Waals surface area contributed by atoms with E-state index in [0.29, 0.717) is 12.2 Å². The van der Waals surface area contributed by atoms with Crippen LogP contribution in [0.5, 0.6) is 0 Å². The average Bonchev–Trinajstić information content (AvgIpc) is 2.36. The molecule has 0 aromatic heterocycles. The smallest absolute Gasteiger partial charge is 0.322 e. The lowest BCUT2D eigenvalue weighted by Gasteiger charge is -2.26. The number of rotatable bonds is 8. The molecule has 3 N–H and O–H groups in total. The van der Waals surface area contributed by atoms with Gasteiger partial charge in [0.1, 0.15) is 6.04 Å². The Bertz CT molecular complexity index is 308. The monoisotopic (exact) mass is 290 g/mol. The summed E-state index contributed by atoms with van der Waals surface area (Å²) in [7, 11) is 1.32. The Balaban J connectivity index is 4.01. The van der Waals surface area contributed by atoms with Gasteiger partial charge in [-0.05, 0) is 39.4 Å². The summed E-state index contributed by atoms with van der Waals surface area (Å²) in [5.41, 5.74) is 5.44. The SMILES string of the molecule is CCC(C)(C)NC(=O)C(C)SCCC(N)C(=O)OC. The molecule has 0 aliphatic carbocycles. The van der Waals surface area contributed by atoms with Crippen molar-refractivity contribution >= 4 is 23.6 Å². The average molecular weight is 290 g/mol. The van der Waals surface area contributed by atoms with Crippen LogP contribution in [0, 0.1) is 0 Å². The van der Waals surface area contributed by atoms with Gasteiger partial charge in [0.25, 0.3) is 0 Å². The highest BCUT2D eigenvalue weighted by molar-refractivity contribution is 8.00. The summed E-state index contributed by atoms with van der Waals surface area (Å²) in [5, 5.41) is 2.84. The maximum atomic E-state index is 11.9. The van der Waals surface area contributed by atoms with Crippen molar-refractivity contribution in [3.63, 3.8) is 0 Å². The second kappa shape index (κ2) is 8.43. The number of esters is 1. The lowest BCUT2D eigenvalue weighted by Crippen LogP contribution is -2.46. The van der Waals surface area contributed by atoms with Crippen LogP contribution in [0.3, 0.4) is 0 Å². The molecule has 0 radical (unpaired) electrons. The third kappa shape index (κ3) is 7.42. The van der Waals surface area contributed by atoms with Gasteiger partial charge in [0, 0.05) is 5.54 Å². The molecule has 0 spiro atoms. The molecular weight excluding hydrogens is 264 g/mol. The Morgan fingerprint density at radius 2 is 2.00 bits per heavy atom. The zero-order valence-electron chi connectivity index (χ0n) is 12.5. The predicted octanol–water partition coefficient (Wildman–Crippen LogP) is 1.30. The molecule has 0 heterocycles. The third-order valence-corrected chi connectivity index (χ3v) is 4.20. The van der Waals surface area contributed by atoms with Crippen molar-refractivity contribution in [2.45, 2.75) is 57.4 Å². The Morgan fingerprint density at radius 3 is 2.47 bits per heavy atom. The van der Waals surface area contributed by atoms with Crippen LogP contribution in [-0.2, 0) is 14.3 Å². The molecule has 6 heteroatoms. The Morgan fingerprint density at radius 1 is 1.42 bits per heavy atom. The first-order valence-corrected chi connectivity index (χ1v) is 7.55. The fourth-order valence-corrected chi connectivity index (χ4v) is 2.19. The van der Waals surface area contributed by atoms with Crippen molar-refractivity contribution in [2.75, 3.05) is 12.9 Å². The topological polar surface area (TPSA) is 81.4 Å². The number of nitrogens with two attached hydrogens (primary N) is 1. The van der Waals surface area contributed by atoms with Gasteiger partial charge in [0.2, 0.25) is 5.91 Å². The molecule has 5 nitrogen and oxygen atoms in total. The van der Waals surface area contributed by atoms with Gasteiger partial charge in [-0.2, -0.15) is 0 Å². The first-order valence-electron chi connectivity index (χ1n) is 6.50. The fraction of sp³-hybridized carbons (Fsp3) is 0.846. The number of carbonyl (C=O) groups excluding carboxylic acids is 2. The third-order valence-electron chi connectivity index (χ3n) is 3.02. The molecule has 2 atom stereocenters. The van der Waals surface area contributed by atoms with E-state index < -0.39 is 12.0 Å². The Hall–Kier alpha value is -0.750. The molecule has 0 aliphatic heterocycles. The minimum Gasteiger partial charge on any atom is -0.468 e. The maximum absolute atomic E-state index is 11.9. The summed E-state index contributed by atoms with van der Waals surface area (Å²) in [6.45, 7) is 7.88. The van der Waals surface area contributed by atoms with Gasteiger partial charge in [-0.3, -0.25) is 9.59 Å². The standard InChI is InChI=1S/C13H26N2O3S/c1-6-13(3,4)15-11(16)9(2)19-8-7-10(14)12(17)18-5/h9-10H,6-8,14H2,1-5H3,(H,15,16). The van der Waals surface area contributed by atoms with Gasteiger partial charge < -0.3 is 15.8 Å². The molecule has 19 heavy (non-hydrogen) atoms. The lowest BCUT2D eigenvalue weighted by molar-refractivity contribution is -0.142. The molecule has 0 bridgehead atoms. The van der Waals surface area contributed by atoms with Crippen LogP contribution in [0.1, 0.15) is 40.5 Å². The zero-order chi connectivity index (χ0) is 15.1. The summed E-state index contributed by atoms with van der Waals surface area (Å²) in [4.78, 5) is 23.0. The van der Waals surface area contributed by atoms with Crippen LogP contribution in [0.25, 0.3) is 0 Å². The molecular formula is C13H26N2O3S. The van der Waals surface area contributed by atoms with E-state index in [0.717, 1.165) is 6.42 Å². The van der Waals surface area contributed by atoms with Crippen molar-refractivity contribution in [1.82, 2.24) is 5.32 Å². The van der Waals surface area contributed by atoms with Crippen LogP contribution < -0.4 is 11.1 Å². The van der Waals surface area contributed by atoms with E-state index in [9.17, 15) is 9.59 Å². The summed E-state index contributed by atoms with van der Waals surface area (Å²) in [6.07, 6.45) is 1.38. The van der Waals surface area contributed by atoms with E-state index in [1.807, 2.05) is 27.7 Å². The van der Waals surface area contributed by atoms with Crippen molar-refractivity contribution in [2.24, 2.45) is 5.73 Å². The second-order valence-corrected chi connectivity index (χ2v) is 6.61.